The molecule has 1 N–H and O–H groups in total. The molecule has 3 rings (SSSR count). The van der Waals surface area contributed by atoms with Gasteiger partial charge in [0.25, 0.3) is 0 Å². The fourth-order valence-electron chi connectivity index (χ4n) is 2.78. The van der Waals surface area contributed by atoms with Gasteiger partial charge in [-0.15, -0.1) is 0 Å². The lowest BCUT2D eigenvalue weighted by atomic mass is 9.99. The summed E-state index contributed by atoms with van der Waals surface area (Å²) in [6.45, 7) is 4.24. The van der Waals surface area contributed by atoms with Crippen molar-refractivity contribution in [3.8, 4) is 0 Å². The van der Waals surface area contributed by atoms with E-state index in [1.54, 1.807) is 0 Å². The van der Waals surface area contributed by atoms with Crippen molar-refractivity contribution in [1.82, 2.24) is 10.2 Å². The van der Waals surface area contributed by atoms with Crippen LogP contribution in [0.1, 0.15) is 24.0 Å². The number of benzene rings is 1. The second kappa shape index (κ2) is 4.69. The summed E-state index contributed by atoms with van der Waals surface area (Å²) >= 11 is 5.49. The van der Waals surface area contributed by atoms with Gasteiger partial charge in [-0.2, -0.15) is 0 Å². The lowest BCUT2D eigenvalue weighted by molar-refractivity contribution is 0.185. The second-order valence-corrected chi connectivity index (χ2v) is 6.03. The Bertz CT molecular complexity index is 542. The number of hydrogen-bond donors (Lipinski definition) is 1. The molecule has 0 saturated carbocycles. The molecule has 0 aliphatic carbocycles. The van der Waals surface area contributed by atoms with E-state index < -0.39 is 0 Å². The molecule has 2 aliphatic rings. The Balaban J connectivity index is 1.92. The van der Waals surface area contributed by atoms with E-state index in [4.69, 9.17) is 17.2 Å². The Hall–Kier alpha value is -1.26. The summed E-state index contributed by atoms with van der Waals surface area (Å²) in [6.07, 6.45) is 2.05. The van der Waals surface area contributed by atoms with Crippen LogP contribution in [0.15, 0.2) is 29.3 Å². The van der Waals surface area contributed by atoms with Crippen LogP contribution in [-0.4, -0.2) is 41.4 Å². The second-order valence-electron chi connectivity index (χ2n) is 5.62. The summed E-state index contributed by atoms with van der Waals surface area (Å²) in [5.74, 6) is 0. The van der Waals surface area contributed by atoms with Crippen LogP contribution in [0.3, 0.4) is 0 Å². The number of nitrogens with one attached hydrogen (secondary N) is 1. The molecular formula is C15H19N3S. The van der Waals surface area contributed by atoms with Crippen molar-refractivity contribution < 1.29 is 0 Å². The van der Waals surface area contributed by atoms with Gasteiger partial charge < -0.3 is 10.2 Å². The van der Waals surface area contributed by atoms with E-state index >= 15 is 0 Å². The number of nitrogens with zero attached hydrogens (tertiary/aromatic N) is 2. The van der Waals surface area contributed by atoms with Crippen LogP contribution < -0.4 is 5.32 Å². The molecular weight excluding hydrogens is 254 g/mol. The van der Waals surface area contributed by atoms with Gasteiger partial charge in [-0.3, -0.25) is 4.99 Å². The summed E-state index contributed by atoms with van der Waals surface area (Å²) in [5, 5.41) is 3.46. The first-order chi connectivity index (χ1) is 9.08. The third kappa shape index (κ3) is 2.42. The van der Waals surface area contributed by atoms with Gasteiger partial charge in [0.05, 0.1) is 0 Å². The zero-order chi connectivity index (χ0) is 13.5. The van der Waals surface area contributed by atoms with Crippen molar-refractivity contribution in [1.29, 1.82) is 0 Å². The summed E-state index contributed by atoms with van der Waals surface area (Å²) in [5.41, 5.74) is 3.19. The smallest absolute Gasteiger partial charge is 0.133 e. The number of piperidine rings is 1. The van der Waals surface area contributed by atoms with Gasteiger partial charge in [-0.1, -0.05) is 36.0 Å². The molecule has 0 bridgehead atoms. The number of thiocarbonyl (C=S) groups is 1. The van der Waals surface area contributed by atoms with Crippen LogP contribution in [0.25, 0.3) is 0 Å². The van der Waals surface area contributed by atoms with E-state index in [0.29, 0.717) is 0 Å². The summed E-state index contributed by atoms with van der Waals surface area (Å²) < 4.78 is 0. The number of likely N-dealkylation sites (tertiary alicyclic amines) is 1. The van der Waals surface area contributed by atoms with E-state index in [2.05, 4.69) is 48.5 Å². The highest BCUT2D eigenvalue weighted by Crippen LogP contribution is 2.28. The SMILES string of the molecule is Cc1cccc(C2=NC3(CCN(C)CC3)NC2=S)c1. The monoisotopic (exact) mass is 273 g/mol. The third-order valence-electron chi connectivity index (χ3n) is 3.99. The van der Waals surface area contributed by atoms with Crippen molar-refractivity contribution in [3.63, 3.8) is 0 Å². The van der Waals surface area contributed by atoms with E-state index in [1.165, 1.54) is 5.56 Å². The molecule has 2 heterocycles. The first kappa shape index (κ1) is 12.8. The molecule has 4 heteroatoms. The van der Waals surface area contributed by atoms with E-state index in [0.717, 1.165) is 42.2 Å². The van der Waals surface area contributed by atoms with Crippen LogP contribution in [-0.2, 0) is 0 Å². The van der Waals surface area contributed by atoms with Crippen molar-refractivity contribution in [3.05, 3.63) is 35.4 Å². The number of rotatable bonds is 1. The predicted octanol–water partition coefficient (Wildman–Crippen LogP) is 2.14. The summed E-state index contributed by atoms with van der Waals surface area (Å²) in [6, 6.07) is 8.41. The molecule has 0 aromatic heterocycles. The normalized spacial score (nSPS) is 22.4. The Labute approximate surface area is 119 Å². The van der Waals surface area contributed by atoms with Gasteiger partial charge in [-0.05, 0) is 20.0 Å². The summed E-state index contributed by atoms with van der Waals surface area (Å²) in [7, 11) is 2.16. The molecule has 1 aromatic carbocycles. The highest BCUT2D eigenvalue weighted by Gasteiger charge is 2.39. The highest BCUT2D eigenvalue weighted by molar-refractivity contribution is 7.82. The average Bonchev–Trinajstić information content (AvgIpc) is 2.71. The lowest BCUT2D eigenvalue weighted by Gasteiger charge is -2.35. The van der Waals surface area contributed by atoms with Gasteiger partial charge in [0.2, 0.25) is 0 Å². The van der Waals surface area contributed by atoms with Gasteiger partial charge in [-0.25, -0.2) is 0 Å². The Morgan fingerprint density at radius 3 is 2.74 bits per heavy atom. The molecule has 1 aromatic rings. The van der Waals surface area contributed by atoms with Crippen molar-refractivity contribution in [2.24, 2.45) is 4.99 Å². The van der Waals surface area contributed by atoms with Crippen LogP contribution in [0, 0.1) is 6.92 Å². The van der Waals surface area contributed by atoms with E-state index in [1.807, 2.05) is 0 Å². The van der Waals surface area contributed by atoms with E-state index in [9.17, 15) is 0 Å². The van der Waals surface area contributed by atoms with E-state index in [-0.39, 0.29) is 5.66 Å². The van der Waals surface area contributed by atoms with Gasteiger partial charge >= 0.3 is 0 Å². The molecule has 0 unspecified atom stereocenters. The Morgan fingerprint density at radius 2 is 2.05 bits per heavy atom. The minimum atomic E-state index is -0.150. The molecule has 0 amide bonds. The van der Waals surface area contributed by atoms with Crippen molar-refractivity contribution >= 4 is 22.9 Å². The van der Waals surface area contributed by atoms with Crippen LogP contribution in [0.5, 0.6) is 0 Å². The van der Waals surface area contributed by atoms with Crippen molar-refractivity contribution in [2.45, 2.75) is 25.4 Å². The molecule has 1 spiro atoms. The number of hydrogen-bond acceptors (Lipinski definition) is 3. The standard InChI is InChI=1S/C15H19N3S/c1-11-4-3-5-12(10-11)13-14(19)17-15(16-13)6-8-18(2)9-7-15/h3-5,10H,6-9H2,1-2H3,(H,17,19). The largest absolute Gasteiger partial charge is 0.350 e. The zero-order valence-corrected chi connectivity index (χ0v) is 12.3. The molecule has 1 saturated heterocycles. The lowest BCUT2D eigenvalue weighted by Crippen LogP contribution is -2.49. The quantitative estimate of drug-likeness (QED) is 0.795. The average molecular weight is 273 g/mol. The van der Waals surface area contributed by atoms with Crippen molar-refractivity contribution in [2.75, 3.05) is 20.1 Å². The maximum atomic E-state index is 5.49. The van der Waals surface area contributed by atoms with Crippen LogP contribution in [0.2, 0.25) is 0 Å². The highest BCUT2D eigenvalue weighted by atomic mass is 32.1. The zero-order valence-electron chi connectivity index (χ0n) is 11.4. The minimum Gasteiger partial charge on any atom is -0.350 e. The molecule has 1 fully saturated rings. The maximum absolute atomic E-state index is 5.49. The fourth-order valence-corrected chi connectivity index (χ4v) is 3.13. The first-order valence-electron chi connectivity index (χ1n) is 6.76. The Kier molecular flexibility index (Phi) is 3.15. The Morgan fingerprint density at radius 1 is 1.32 bits per heavy atom. The number of aliphatic imine (C=N–C) groups is 1. The third-order valence-corrected chi connectivity index (χ3v) is 4.29. The molecule has 0 radical (unpaired) electrons. The maximum Gasteiger partial charge on any atom is 0.133 e. The molecule has 2 aliphatic heterocycles. The van der Waals surface area contributed by atoms with Gasteiger partial charge in [0.1, 0.15) is 16.4 Å². The number of aryl methyl sites for hydroxylation is 1. The summed E-state index contributed by atoms with van der Waals surface area (Å²) in [4.78, 5) is 8.09. The molecule has 19 heavy (non-hydrogen) atoms. The van der Waals surface area contributed by atoms with Crippen LogP contribution >= 0.6 is 12.2 Å². The van der Waals surface area contributed by atoms with Gasteiger partial charge in [0.15, 0.2) is 0 Å². The topological polar surface area (TPSA) is 27.6 Å². The van der Waals surface area contributed by atoms with Gasteiger partial charge in [0, 0.05) is 31.5 Å². The molecule has 100 valence electrons. The van der Waals surface area contributed by atoms with Crippen LogP contribution in [0.4, 0.5) is 0 Å². The predicted molar refractivity (Wildman–Crippen MR) is 82.9 cm³/mol. The fraction of sp³-hybridized carbons (Fsp3) is 0.467. The first-order valence-corrected chi connectivity index (χ1v) is 7.17. The molecule has 0 atom stereocenters. The minimum absolute atomic E-state index is 0.150. The molecule has 3 nitrogen and oxygen atoms in total.